The van der Waals surface area contributed by atoms with Crippen LogP contribution < -0.4 is 10.1 Å². The number of carbonyl (C=O) groups is 1. The first-order valence-corrected chi connectivity index (χ1v) is 11.7. The molecule has 2 aromatic heterocycles. The Morgan fingerprint density at radius 2 is 2.07 bits per heavy atom. The molecule has 1 aliphatic heterocycles. The number of anilines is 1. The van der Waals surface area contributed by atoms with Crippen LogP contribution in [0, 0.1) is 0 Å². The number of piperidine rings is 1. The van der Waals surface area contributed by atoms with Crippen LogP contribution in [0.2, 0.25) is 0 Å². The fraction of sp³-hybridized carbons (Fsp3) is 0.316. The normalized spacial score (nSPS) is 17.6. The average molecular weight is 449 g/mol. The van der Waals surface area contributed by atoms with Gasteiger partial charge in [-0.25, -0.2) is 8.42 Å². The number of rotatable bonds is 6. The summed E-state index contributed by atoms with van der Waals surface area (Å²) in [5, 5.41) is 12.1. The van der Waals surface area contributed by atoms with Crippen molar-refractivity contribution >= 4 is 33.3 Å². The van der Waals surface area contributed by atoms with E-state index in [1.807, 2.05) is 6.07 Å². The number of para-hydroxylation sites is 1. The summed E-state index contributed by atoms with van der Waals surface area (Å²) in [6, 6.07) is 9.41. The van der Waals surface area contributed by atoms with Gasteiger partial charge >= 0.3 is 6.01 Å². The highest BCUT2D eigenvalue weighted by atomic mass is 32.2. The van der Waals surface area contributed by atoms with Crippen molar-refractivity contribution < 1.29 is 22.4 Å². The number of carbonyl (C=O) groups excluding carboxylic acids is 1. The first-order valence-electron chi connectivity index (χ1n) is 9.34. The molecule has 1 aromatic carbocycles. The standard InChI is InChI=1S/C19H20N4O5S2/c1-27-15-9-3-2-7-13(15)18-21-22-19(28-18)20-17(24)14-8-4-5-11-23(14)30(25,26)16-10-6-12-29-16/h2-3,6-7,9-10,12,14H,4-5,8,11H2,1H3,(H,20,22,24)/t14-/m1/s1. The molecule has 0 unspecified atom stereocenters. The van der Waals surface area contributed by atoms with Crippen molar-refractivity contribution in [1.29, 1.82) is 0 Å². The van der Waals surface area contributed by atoms with Crippen LogP contribution in [0.15, 0.2) is 50.4 Å². The zero-order chi connectivity index (χ0) is 21.1. The molecule has 0 spiro atoms. The molecule has 4 rings (SSSR count). The monoisotopic (exact) mass is 448 g/mol. The van der Waals surface area contributed by atoms with Crippen LogP contribution in [0.4, 0.5) is 6.01 Å². The Morgan fingerprint density at radius 3 is 2.83 bits per heavy atom. The summed E-state index contributed by atoms with van der Waals surface area (Å²) in [4.78, 5) is 12.9. The van der Waals surface area contributed by atoms with Gasteiger partial charge in [0.2, 0.25) is 5.91 Å². The predicted octanol–water partition coefficient (Wildman–Crippen LogP) is 2.99. The minimum absolute atomic E-state index is 0.0973. The molecule has 1 atom stereocenters. The van der Waals surface area contributed by atoms with Gasteiger partial charge in [-0.05, 0) is 36.4 Å². The van der Waals surface area contributed by atoms with E-state index in [1.165, 1.54) is 11.4 Å². The van der Waals surface area contributed by atoms with Crippen molar-refractivity contribution in [3.8, 4) is 17.2 Å². The molecule has 1 aliphatic rings. The van der Waals surface area contributed by atoms with Crippen molar-refractivity contribution in [3.63, 3.8) is 0 Å². The van der Waals surface area contributed by atoms with E-state index in [2.05, 4.69) is 15.5 Å². The molecule has 1 saturated heterocycles. The number of aromatic nitrogens is 2. The molecule has 30 heavy (non-hydrogen) atoms. The van der Waals surface area contributed by atoms with Crippen LogP contribution >= 0.6 is 11.3 Å². The van der Waals surface area contributed by atoms with Gasteiger partial charge < -0.3 is 9.15 Å². The molecule has 1 fully saturated rings. The summed E-state index contributed by atoms with van der Waals surface area (Å²) in [5.41, 5.74) is 0.590. The van der Waals surface area contributed by atoms with Gasteiger partial charge in [0, 0.05) is 6.54 Å². The number of methoxy groups -OCH3 is 1. The second-order valence-electron chi connectivity index (χ2n) is 6.66. The lowest BCUT2D eigenvalue weighted by atomic mass is 10.0. The highest BCUT2D eigenvalue weighted by molar-refractivity contribution is 7.91. The van der Waals surface area contributed by atoms with E-state index in [4.69, 9.17) is 9.15 Å². The molecule has 0 aliphatic carbocycles. The van der Waals surface area contributed by atoms with Gasteiger partial charge in [0.25, 0.3) is 15.9 Å². The third-order valence-electron chi connectivity index (χ3n) is 4.81. The fourth-order valence-corrected chi connectivity index (χ4v) is 6.15. The topological polar surface area (TPSA) is 115 Å². The predicted molar refractivity (Wildman–Crippen MR) is 111 cm³/mol. The number of sulfonamides is 1. The van der Waals surface area contributed by atoms with Crippen LogP contribution in [0.25, 0.3) is 11.5 Å². The molecule has 9 nitrogen and oxygen atoms in total. The van der Waals surface area contributed by atoms with E-state index in [0.717, 1.165) is 17.8 Å². The lowest BCUT2D eigenvalue weighted by Gasteiger charge is -2.32. The second-order valence-corrected chi connectivity index (χ2v) is 9.73. The van der Waals surface area contributed by atoms with Crippen molar-refractivity contribution in [3.05, 3.63) is 41.8 Å². The van der Waals surface area contributed by atoms with Crippen molar-refractivity contribution in [2.45, 2.75) is 29.5 Å². The van der Waals surface area contributed by atoms with E-state index in [0.29, 0.717) is 24.2 Å². The molecule has 0 radical (unpaired) electrons. The Balaban J connectivity index is 1.54. The zero-order valence-electron chi connectivity index (χ0n) is 16.1. The Morgan fingerprint density at radius 1 is 1.23 bits per heavy atom. The Labute approximate surface area is 177 Å². The lowest BCUT2D eigenvalue weighted by molar-refractivity contribution is -0.120. The SMILES string of the molecule is COc1ccccc1-c1nnc(NC(=O)[C@H]2CCCCN2S(=O)(=O)c2cccs2)o1. The molecule has 0 saturated carbocycles. The molecular formula is C19H20N4O5S2. The van der Waals surface area contributed by atoms with E-state index in [1.54, 1.807) is 35.7 Å². The fourth-order valence-electron chi connectivity index (χ4n) is 3.37. The molecule has 3 aromatic rings. The van der Waals surface area contributed by atoms with E-state index >= 15 is 0 Å². The van der Waals surface area contributed by atoms with Gasteiger partial charge in [0.15, 0.2) is 0 Å². The number of ether oxygens (including phenoxy) is 1. The van der Waals surface area contributed by atoms with Crippen molar-refractivity contribution in [2.24, 2.45) is 0 Å². The maximum Gasteiger partial charge on any atom is 0.322 e. The Bertz CT molecular complexity index is 1130. The first-order chi connectivity index (χ1) is 14.5. The largest absolute Gasteiger partial charge is 0.496 e. The number of amides is 1. The van der Waals surface area contributed by atoms with Gasteiger partial charge in [0.1, 0.15) is 16.0 Å². The molecular weight excluding hydrogens is 428 g/mol. The summed E-state index contributed by atoms with van der Waals surface area (Å²) in [5.74, 6) is 0.249. The van der Waals surface area contributed by atoms with Crippen molar-refractivity contribution in [2.75, 3.05) is 19.0 Å². The van der Waals surface area contributed by atoms with E-state index < -0.39 is 22.0 Å². The average Bonchev–Trinajstić information content (AvgIpc) is 3.46. The molecule has 158 valence electrons. The summed E-state index contributed by atoms with van der Waals surface area (Å²) in [6.07, 6.45) is 1.88. The van der Waals surface area contributed by atoms with E-state index in [-0.39, 0.29) is 22.7 Å². The summed E-state index contributed by atoms with van der Waals surface area (Å²) in [7, 11) is -2.21. The number of thiophene rings is 1. The van der Waals surface area contributed by atoms with Gasteiger partial charge in [-0.15, -0.1) is 16.4 Å². The van der Waals surface area contributed by atoms with Gasteiger partial charge in [-0.2, -0.15) is 4.31 Å². The summed E-state index contributed by atoms with van der Waals surface area (Å²) in [6.45, 7) is 0.286. The molecule has 3 heterocycles. The number of nitrogens with zero attached hydrogens (tertiary/aromatic N) is 3. The third kappa shape index (κ3) is 3.95. The summed E-state index contributed by atoms with van der Waals surface area (Å²) >= 11 is 1.13. The number of benzene rings is 1. The number of nitrogens with one attached hydrogen (secondary N) is 1. The van der Waals surface area contributed by atoms with Gasteiger partial charge in [-0.3, -0.25) is 10.1 Å². The minimum atomic E-state index is -3.74. The Hall–Kier alpha value is -2.76. The maximum absolute atomic E-state index is 13.0. The number of hydrogen-bond donors (Lipinski definition) is 1. The summed E-state index contributed by atoms with van der Waals surface area (Å²) < 4.78 is 38.3. The maximum atomic E-state index is 13.0. The van der Waals surface area contributed by atoms with Crippen LogP contribution in [-0.4, -0.2) is 48.5 Å². The molecule has 1 amide bonds. The van der Waals surface area contributed by atoms with Crippen LogP contribution in [0.1, 0.15) is 19.3 Å². The molecule has 11 heteroatoms. The van der Waals surface area contributed by atoms with Crippen LogP contribution in [0.3, 0.4) is 0 Å². The quantitative estimate of drug-likeness (QED) is 0.616. The van der Waals surface area contributed by atoms with Crippen LogP contribution in [0.5, 0.6) is 5.75 Å². The highest BCUT2D eigenvalue weighted by Gasteiger charge is 2.38. The highest BCUT2D eigenvalue weighted by Crippen LogP contribution is 2.31. The van der Waals surface area contributed by atoms with Crippen molar-refractivity contribution in [1.82, 2.24) is 14.5 Å². The third-order valence-corrected chi connectivity index (χ3v) is 8.09. The first kappa shape index (κ1) is 20.5. The van der Waals surface area contributed by atoms with Gasteiger partial charge in [0.05, 0.1) is 12.7 Å². The smallest absolute Gasteiger partial charge is 0.322 e. The van der Waals surface area contributed by atoms with E-state index in [9.17, 15) is 13.2 Å². The zero-order valence-corrected chi connectivity index (χ0v) is 17.8. The minimum Gasteiger partial charge on any atom is -0.496 e. The Kier molecular flexibility index (Phi) is 5.84. The number of hydrogen-bond acceptors (Lipinski definition) is 8. The molecule has 0 bridgehead atoms. The molecule has 1 N–H and O–H groups in total. The lowest BCUT2D eigenvalue weighted by Crippen LogP contribution is -2.49. The van der Waals surface area contributed by atoms with Gasteiger partial charge in [-0.1, -0.05) is 29.7 Å². The second kappa shape index (κ2) is 8.54. The van der Waals surface area contributed by atoms with Crippen LogP contribution in [-0.2, 0) is 14.8 Å².